The van der Waals surface area contributed by atoms with Crippen molar-refractivity contribution in [2.45, 2.75) is 25.0 Å². The highest BCUT2D eigenvalue weighted by molar-refractivity contribution is 6.29. The molecule has 0 aromatic carbocycles. The molecule has 18 heavy (non-hydrogen) atoms. The van der Waals surface area contributed by atoms with Crippen LogP contribution in [-0.2, 0) is 11.3 Å². The molecule has 0 bridgehead atoms. The molecular formula is C13H19ClN2O2. The monoisotopic (exact) mass is 270 g/mol. The van der Waals surface area contributed by atoms with Gasteiger partial charge < -0.3 is 9.84 Å². The maximum atomic E-state index is 10.4. The van der Waals surface area contributed by atoms with E-state index in [4.69, 9.17) is 16.3 Å². The molecular weight excluding hydrogens is 252 g/mol. The summed E-state index contributed by atoms with van der Waals surface area (Å²) in [5.74, 6) is 0. The number of rotatable bonds is 4. The highest BCUT2D eigenvalue weighted by Crippen LogP contribution is 2.21. The summed E-state index contributed by atoms with van der Waals surface area (Å²) in [6.07, 6.45) is 3.18. The normalized spacial score (nSPS) is 19.1. The fraction of sp³-hybridized carbons (Fsp3) is 0.615. The summed E-state index contributed by atoms with van der Waals surface area (Å²) in [6.45, 7) is 2.70. The molecule has 2 heterocycles. The Balaban J connectivity index is 1.87. The Hall–Kier alpha value is -0.680. The van der Waals surface area contributed by atoms with Crippen LogP contribution < -0.4 is 0 Å². The summed E-state index contributed by atoms with van der Waals surface area (Å²) in [4.78, 5) is 6.16. The first-order valence-corrected chi connectivity index (χ1v) is 6.54. The molecule has 5 heteroatoms. The van der Waals surface area contributed by atoms with Crippen LogP contribution in [0.25, 0.3) is 0 Å². The molecule has 1 aliphatic heterocycles. The van der Waals surface area contributed by atoms with Crippen molar-refractivity contribution in [2.75, 3.05) is 26.8 Å². The van der Waals surface area contributed by atoms with Crippen molar-refractivity contribution in [1.82, 2.24) is 9.88 Å². The van der Waals surface area contributed by atoms with E-state index in [1.807, 2.05) is 13.1 Å². The highest BCUT2D eigenvalue weighted by Gasteiger charge is 2.30. The van der Waals surface area contributed by atoms with Crippen molar-refractivity contribution >= 4 is 11.6 Å². The Morgan fingerprint density at radius 3 is 2.78 bits per heavy atom. The standard InChI is InChI=1S/C13H19ClN2O2/c1-16(9-11-2-3-12(14)15-8-11)10-13(17)4-6-18-7-5-13/h2-3,8,17H,4-7,9-10H2,1H3. The van der Waals surface area contributed by atoms with Crippen molar-refractivity contribution in [1.29, 1.82) is 0 Å². The van der Waals surface area contributed by atoms with Crippen molar-refractivity contribution in [3.8, 4) is 0 Å². The van der Waals surface area contributed by atoms with Gasteiger partial charge in [-0.25, -0.2) is 4.98 Å². The van der Waals surface area contributed by atoms with E-state index in [0.29, 0.717) is 37.8 Å². The van der Waals surface area contributed by atoms with E-state index in [0.717, 1.165) is 12.1 Å². The van der Waals surface area contributed by atoms with E-state index < -0.39 is 5.60 Å². The Morgan fingerprint density at radius 2 is 2.17 bits per heavy atom. The first kappa shape index (κ1) is 13.7. The Kier molecular flexibility index (Phi) is 4.56. The maximum absolute atomic E-state index is 10.4. The number of ether oxygens (including phenoxy) is 1. The van der Waals surface area contributed by atoms with Gasteiger partial charge in [0, 0.05) is 45.3 Å². The van der Waals surface area contributed by atoms with E-state index in [9.17, 15) is 5.11 Å². The molecule has 0 amide bonds. The second kappa shape index (κ2) is 5.97. The SMILES string of the molecule is CN(Cc1ccc(Cl)nc1)CC1(O)CCOCC1. The fourth-order valence-corrected chi connectivity index (χ4v) is 2.39. The summed E-state index contributed by atoms with van der Waals surface area (Å²) < 4.78 is 5.27. The van der Waals surface area contributed by atoms with Crippen LogP contribution in [0.2, 0.25) is 5.15 Å². The largest absolute Gasteiger partial charge is 0.388 e. The minimum absolute atomic E-state index is 0.504. The zero-order valence-corrected chi connectivity index (χ0v) is 11.4. The summed E-state index contributed by atoms with van der Waals surface area (Å²) in [5.41, 5.74) is 0.477. The summed E-state index contributed by atoms with van der Waals surface area (Å²) >= 11 is 5.75. The third-order valence-corrected chi connectivity index (χ3v) is 3.45. The number of aliphatic hydroxyl groups is 1. The number of halogens is 1. The summed E-state index contributed by atoms with van der Waals surface area (Å²) in [5, 5.41) is 10.9. The average molecular weight is 271 g/mol. The van der Waals surface area contributed by atoms with Gasteiger partial charge in [-0.3, -0.25) is 4.90 Å². The van der Waals surface area contributed by atoms with E-state index in [-0.39, 0.29) is 0 Å². The zero-order valence-electron chi connectivity index (χ0n) is 10.6. The number of hydrogen-bond acceptors (Lipinski definition) is 4. The van der Waals surface area contributed by atoms with Gasteiger partial charge in [0.1, 0.15) is 5.15 Å². The van der Waals surface area contributed by atoms with Crippen LogP contribution >= 0.6 is 11.6 Å². The lowest BCUT2D eigenvalue weighted by molar-refractivity contribution is -0.0777. The van der Waals surface area contributed by atoms with Crippen molar-refractivity contribution in [3.63, 3.8) is 0 Å². The Labute approximate surface area is 113 Å². The van der Waals surface area contributed by atoms with Crippen LogP contribution in [-0.4, -0.2) is 47.4 Å². The summed E-state index contributed by atoms with van der Waals surface area (Å²) in [7, 11) is 2.00. The number of aromatic nitrogens is 1. The molecule has 2 rings (SSSR count). The lowest BCUT2D eigenvalue weighted by atomic mass is 9.94. The lowest BCUT2D eigenvalue weighted by Gasteiger charge is -2.35. The van der Waals surface area contributed by atoms with Crippen LogP contribution in [0.1, 0.15) is 18.4 Å². The van der Waals surface area contributed by atoms with Gasteiger partial charge in [0.2, 0.25) is 0 Å². The van der Waals surface area contributed by atoms with Crippen LogP contribution in [0.15, 0.2) is 18.3 Å². The number of likely N-dealkylation sites (N-methyl/N-ethyl adjacent to an activating group) is 1. The van der Waals surface area contributed by atoms with Crippen molar-refractivity contribution in [2.24, 2.45) is 0 Å². The van der Waals surface area contributed by atoms with Gasteiger partial charge in [0.05, 0.1) is 5.60 Å². The predicted molar refractivity (Wildman–Crippen MR) is 70.6 cm³/mol. The van der Waals surface area contributed by atoms with Gasteiger partial charge in [-0.15, -0.1) is 0 Å². The molecule has 1 aliphatic rings. The molecule has 0 saturated carbocycles. The Morgan fingerprint density at radius 1 is 1.44 bits per heavy atom. The van der Waals surface area contributed by atoms with E-state index in [1.165, 1.54) is 0 Å². The van der Waals surface area contributed by atoms with Gasteiger partial charge in [0.25, 0.3) is 0 Å². The molecule has 0 atom stereocenters. The molecule has 100 valence electrons. The molecule has 4 nitrogen and oxygen atoms in total. The predicted octanol–water partition coefficient (Wildman–Crippen LogP) is 1.71. The van der Waals surface area contributed by atoms with E-state index in [1.54, 1.807) is 12.3 Å². The third kappa shape index (κ3) is 3.92. The first-order chi connectivity index (χ1) is 8.57. The molecule has 1 saturated heterocycles. The number of hydrogen-bond donors (Lipinski definition) is 1. The van der Waals surface area contributed by atoms with Gasteiger partial charge >= 0.3 is 0 Å². The maximum Gasteiger partial charge on any atom is 0.129 e. The fourth-order valence-electron chi connectivity index (χ4n) is 2.28. The smallest absolute Gasteiger partial charge is 0.129 e. The molecule has 1 aromatic heterocycles. The van der Waals surface area contributed by atoms with E-state index in [2.05, 4.69) is 9.88 Å². The minimum atomic E-state index is -0.618. The van der Waals surface area contributed by atoms with Gasteiger partial charge in [0.15, 0.2) is 0 Å². The number of nitrogens with zero attached hydrogens (tertiary/aromatic N) is 2. The van der Waals surface area contributed by atoms with Crippen LogP contribution in [0, 0.1) is 0 Å². The lowest BCUT2D eigenvalue weighted by Crippen LogP contribution is -2.45. The van der Waals surface area contributed by atoms with Crippen molar-refractivity contribution < 1.29 is 9.84 Å². The van der Waals surface area contributed by atoms with Gasteiger partial charge in [-0.1, -0.05) is 17.7 Å². The first-order valence-electron chi connectivity index (χ1n) is 6.16. The molecule has 1 aromatic rings. The average Bonchev–Trinajstić information content (AvgIpc) is 2.32. The molecule has 0 spiro atoms. The second-order valence-electron chi connectivity index (χ2n) is 5.00. The van der Waals surface area contributed by atoms with Crippen LogP contribution in [0.4, 0.5) is 0 Å². The summed E-state index contributed by atoms with van der Waals surface area (Å²) in [6, 6.07) is 3.74. The Bertz CT molecular complexity index is 377. The van der Waals surface area contributed by atoms with Crippen molar-refractivity contribution in [3.05, 3.63) is 29.0 Å². The number of pyridine rings is 1. The quantitative estimate of drug-likeness (QED) is 0.846. The molecule has 1 N–H and O–H groups in total. The topological polar surface area (TPSA) is 45.6 Å². The van der Waals surface area contributed by atoms with Crippen LogP contribution in [0.5, 0.6) is 0 Å². The molecule has 0 unspecified atom stereocenters. The van der Waals surface area contributed by atoms with Crippen LogP contribution in [0.3, 0.4) is 0 Å². The molecule has 0 radical (unpaired) electrons. The molecule has 0 aliphatic carbocycles. The van der Waals surface area contributed by atoms with Gasteiger partial charge in [-0.05, 0) is 18.7 Å². The third-order valence-electron chi connectivity index (χ3n) is 3.23. The zero-order chi connectivity index (χ0) is 13.0. The minimum Gasteiger partial charge on any atom is -0.388 e. The molecule has 1 fully saturated rings. The van der Waals surface area contributed by atoms with Gasteiger partial charge in [-0.2, -0.15) is 0 Å². The highest BCUT2D eigenvalue weighted by atomic mass is 35.5. The second-order valence-corrected chi connectivity index (χ2v) is 5.39. The van der Waals surface area contributed by atoms with E-state index >= 15 is 0 Å².